The Morgan fingerprint density at radius 1 is 1.37 bits per heavy atom. The second kappa shape index (κ2) is 12.3. The van der Waals surface area contributed by atoms with Gasteiger partial charge in [-0.05, 0) is 31.9 Å². The van der Waals surface area contributed by atoms with Crippen molar-refractivity contribution < 1.29 is 4.52 Å². The fourth-order valence-electron chi connectivity index (χ4n) is 3.39. The van der Waals surface area contributed by atoms with E-state index in [1.807, 2.05) is 24.3 Å². The number of nitrogens with zero attached hydrogens (tertiary/aromatic N) is 4. The molecule has 3 rings (SSSR count). The monoisotopic (exact) mass is 544 g/mol. The lowest BCUT2D eigenvalue weighted by molar-refractivity contribution is 0.221. The van der Waals surface area contributed by atoms with Crippen LogP contribution in [0.25, 0.3) is 11.4 Å². The Balaban J connectivity index is 0.00000320. The number of likely N-dealkylation sites (tertiary alicyclic amines) is 1. The summed E-state index contributed by atoms with van der Waals surface area (Å²) >= 11 is 6.02. The van der Waals surface area contributed by atoms with Crippen molar-refractivity contribution >= 4 is 41.5 Å². The first-order chi connectivity index (χ1) is 14.0. The number of hydrogen-bond donors (Lipinski definition) is 2. The molecule has 9 heteroatoms. The van der Waals surface area contributed by atoms with Crippen LogP contribution in [-0.4, -0.2) is 60.3 Å². The lowest BCUT2D eigenvalue weighted by Crippen LogP contribution is -2.49. The Labute approximate surface area is 200 Å². The zero-order valence-corrected chi connectivity index (χ0v) is 20.6. The van der Waals surface area contributed by atoms with Crippen LogP contribution in [0.3, 0.4) is 0 Å². The molecule has 2 N–H and O–H groups in total. The third-order valence-corrected chi connectivity index (χ3v) is 5.06. The maximum atomic E-state index is 6.02. The van der Waals surface area contributed by atoms with Crippen molar-refractivity contribution in [2.45, 2.75) is 32.2 Å². The Hall–Kier alpha value is -1.65. The maximum absolute atomic E-state index is 6.02. The van der Waals surface area contributed by atoms with Gasteiger partial charge in [-0.3, -0.25) is 9.89 Å². The molecule has 1 aromatic carbocycles. The van der Waals surface area contributed by atoms with E-state index >= 15 is 0 Å². The van der Waals surface area contributed by atoms with Crippen molar-refractivity contribution in [3.8, 4) is 11.4 Å². The summed E-state index contributed by atoms with van der Waals surface area (Å²) in [5, 5.41) is 11.5. The van der Waals surface area contributed by atoms with E-state index in [2.05, 4.69) is 44.2 Å². The first-order valence-corrected chi connectivity index (χ1v) is 10.3. The molecule has 1 aliphatic rings. The lowest BCUT2D eigenvalue weighted by Gasteiger charge is -2.33. The molecule has 2 aromatic rings. The van der Waals surface area contributed by atoms with Gasteiger partial charge in [-0.2, -0.15) is 4.98 Å². The van der Waals surface area contributed by atoms with Crippen LogP contribution in [0.4, 0.5) is 0 Å². The molecule has 0 spiro atoms. The summed E-state index contributed by atoms with van der Waals surface area (Å²) in [5.41, 5.74) is 2.06. The summed E-state index contributed by atoms with van der Waals surface area (Å²) in [6, 6.07) is 7.85. The molecule has 0 aliphatic carbocycles. The highest BCUT2D eigenvalue weighted by atomic mass is 127. The molecule has 0 radical (unpaired) electrons. The van der Waals surface area contributed by atoms with Gasteiger partial charge in [-0.1, -0.05) is 41.0 Å². The maximum Gasteiger partial charge on any atom is 0.228 e. The number of benzene rings is 1. The van der Waals surface area contributed by atoms with Crippen LogP contribution in [0.2, 0.25) is 5.02 Å². The van der Waals surface area contributed by atoms with Crippen molar-refractivity contribution in [3.63, 3.8) is 0 Å². The molecule has 7 nitrogen and oxygen atoms in total. The molecule has 0 saturated carbocycles. The SMILES string of the molecule is C=C(C)CN1CCC(NC(=NC)NCCc2nc(-c3cccc(Cl)c3)no2)CC1.I. The molecule has 0 bridgehead atoms. The number of guanidine groups is 1. The van der Waals surface area contributed by atoms with Crippen LogP contribution in [0, 0.1) is 0 Å². The van der Waals surface area contributed by atoms with Crippen LogP contribution in [-0.2, 0) is 6.42 Å². The van der Waals surface area contributed by atoms with Gasteiger partial charge in [0.05, 0.1) is 0 Å². The highest BCUT2D eigenvalue weighted by Gasteiger charge is 2.19. The second-order valence-corrected chi connectivity index (χ2v) is 7.86. The summed E-state index contributed by atoms with van der Waals surface area (Å²) in [5.74, 6) is 1.93. The minimum absolute atomic E-state index is 0. The van der Waals surface area contributed by atoms with E-state index in [9.17, 15) is 0 Å². The van der Waals surface area contributed by atoms with Crippen molar-refractivity contribution in [2.75, 3.05) is 33.2 Å². The summed E-state index contributed by atoms with van der Waals surface area (Å²) < 4.78 is 5.35. The van der Waals surface area contributed by atoms with Gasteiger partial charge in [0.25, 0.3) is 0 Å². The van der Waals surface area contributed by atoms with E-state index in [0.29, 0.717) is 35.7 Å². The van der Waals surface area contributed by atoms with Crippen LogP contribution < -0.4 is 10.6 Å². The van der Waals surface area contributed by atoms with E-state index in [4.69, 9.17) is 16.1 Å². The van der Waals surface area contributed by atoms with E-state index in [1.165, 1.54) is 5.57 Å². The zero-order chi connectivity index (χ0) is 20.6. The summed E-state index contributed by atoms with van der Waals surface area (Å²) in [6.45, 7) is 9.89. The standard InChI is InChI=1S/C21H29ClN6O.HI/c1-15(2)14-28-11-8-18(9-12-28)25-21(23-3)24-10-7-19-26-20(27-29-19)16-5-4-6-17(22)13-16;/h4-6,13,18H,1,7-12,14H2,2-3H3,(H2,23,24,25);1H. The third kappa shape index (κ3) is 7.55. The van der Waals surface area contributed by atoms with E-state index in [-0.39, 0.29) is 24.0 Å². The highest BCUT2D eigenvalue weighted by Crippen LogP contribution is 2.20. The summed E-state index contributed by atoms with van der Waals surface area (Å²) in [7, 11) is 1.79. The molecular weight excluding hydrogens is 515 g/mol. The van der Waals surface area contributed by atoms with Gasteiger partial charge in [0.15, 0.2) is 5.96 Å². The smallest absolute Gasteiger partial charge is 0.228 e. The van der Waals surface area contributed by atoms with Crippen molar-refractivity contribution in [1.82, 2.24) is 25.7 Å². The lowest BCUT2D eigenvalue weighted by atomic mass is 10.0. The molecule has 1 aliphatic heterocycles. The fourth-order valence-corrected chi connectivity index (χ4v) is 3.58. The Kier molecular flexibility index (Phi) is 10.1. The zero-order valence-electron chi connectivity index (χ0n) is 17.5. The number of halogens is 2. The predicted octanol–water partition coefficient (Wildman–Crippen LogP) is 3.76. The number of hydrogen-bond acceptors (Lipinski definition) is 5. The molecular formula is C21H30ClIN6O. The van der Waals surface area contributed by atoms with Crippen molar-refractivity contribution in [3.05, 3.63) is 47.3 Å². The third-order valence-electron chi connectivity index (χ3n) is 4.83. The number of piperidine rings is 1. The number of rotatable bonds is 7. The van der Waals surface area contributed by atoms with Crippen LogP contribution in [0.1, 0.15) is 25.7 Å². The van der Waals surface area contributed by atoms with Gasteiger partial charge in [0.2, 0.25) is 11.7 Å². The van der Waals surface area contributed by atoms with Gasteiger partial charge < -0.3 is 15.2 Å². The molecule has 1 aromatic heterocycles. The summed E-state index contributed by atoms with van der Waals surface area (Å²) in [4.78, 5) is 11.2. The largest absolute Gasteiger partial charge is 0.356 e. The van der Waals surface area contributed by atoms with Gasteiger partial charge in [0.1, 0.15) is 0 Å². The Bertz CT molecular complexity index is 848. The second-order valence-electron chi connectivity index (χ2n) is 7.42. The number of nitrogens with one attached hydrogen (secondary N) is 2. The number of aromatic nitrogens is 2. The predicted molar refractivity (Wildman–Crippen MR) is 133 cm³/mol. The molecule has 1 saturated heterocycles. The molecule has 30 heavy (non-hydrogen) atoms. The van der Waals surface area contributed by atoms with Gasteiger partial charge >= 0.3 is 0 Å². The van der Waals surface area contributed by atoms with Crippen molar-refractivity contribution in [1.29, 1.82) is 0 Å². The van der Waals surface area contributed by atoms with Crippen molar-refractivity contribution in [2.24, 2.45) is 4.99 Å². The Morgan fingerprint density at radius 2 is 2.13 bits per heavy atom. The molecule has 0 atom stereocenters. The summed E-state index contributed by atoms with van der Waals surface area (Å²) in [6.07, 6.45) is 2.81. The van der Waals surface area contributed by atoms with Gasteiger partial charge in [-0.15, -0.1) is 24.0 Å². The van der Waals surface area contributed by atoms with Gasteiger partial charge in [0, 0.05) is 56.3 Å². The molecule has 0 amide bonds. The first kappa shape index (κ1) is 24.6. The minimum atomic E-state index is 0. The topological polar surface area (TPSA) is 78.6 Å². The first-order valence-electron chi connectivity index (χ1n) is 9.96. The molecule has 1 fully saturated rings. The van der Waals surface area contributed by atoms with Crippen LogP contribution >= 0.6 is 35.6 Å². The Morgan fingerprint density at radius 3 is 2.80 bits per heavy atom. The van der Waals surface area contributed by atoms with Crippen LogP contribution in [0.15, 0.2) is 45.9 Å². The number of aliphatic imine (C=N–C) groups is 1. The highest BCUT2D eigenvalue weighted by molar-refractivity contribution is 14.0. The average molecular weight is 545 g/mol. The minimum Gasteiger partial charge on any atom is -0.356 e. The van der Waals surface area contributed by atoms with Crippen LogP contribution in [0.5, 0.6) is 0 Å². The quantitative estimate of drug-likeness (QED) is 0.239. The van der Waals surface area contributed by atoms with E-state index < -0.39 is 0 Å². The molecule has 164 valence electrons. The fraction of sp³-hybridized carbons (Fsp3) is 0.476. The normalized spacial score (nSPS) is 15.5. The van der Waals surface area contributed by atoms with Gasteiger partial charge in [-0.25, -0.2) is 0 Å². The van der Waals surface area contributed by atoms with E-state index in [1.54, 1.807) is 7.05 Å². The molecule has 2 heterocycles. The molecule has 0 unspecified atom stereocenters. The van der Waals surface area contributed by atoms with E-state index in [0.717, 1.165) is 44.0 Å². The average Bonchev–Trinajstić information content (AvgIpc) is 3.17.